The van der Waals surface area contributed by atoms with E-state index in [1.807, 2.05) is 6.92 Å². The van der Waals surface area contributed by atoms with Crippen molar-refractivity contribution in [2.75, 3.05) is 19.5 Å². The van der Waals surface area contributed by atoms with Gasteiger partial charge in [-0.1, -0.05) is 0 Å². The van der Waals surface area contributed by atoms with E-state index in [9.17, 15) is 9.59 Å². The van der Waals surface area contributed by atoms with E-state index in [0.717, 1.165) is 13.0 Å². The minimum Gasteiger partial charge on any atom is -0.467 e. The number of hydrogen-bond acceptors (Lipinski definition) is 5. The van der Waals surface area contributed by atoms with E-state index in [2.05, 4.69) is 10.1 Å². The van der Waals surface area contributed by atoms with E-state index < -0.39 is 12.0 Å². The van der Waals surface area contributed by atoms with Crippen molar-refractivity contribution in [1.29, 1.82) is 0 Å². The lowest BCUT2D eigenvalue weighted by Crippen LogP contribution is -2.42. The second-order valence-corrected chi connectivity index (χ2v) is 5.28. The molecule has 0 aliphatic carbocycles. The zero-order valence-electron chi connectivity index (χ0n) is 10.4. The minimum atomic E-state index is -0.574. The predicted octanol–water partition coefficient (Wildman–Crippen LogP) is 0.575. The van der Waals surface area contributed by atoms with Crippen molar-refractivity contribution in [1.82, 2.24) is 5.32 Å². The number of carbonyl (C=O) groups is 2. The van der Waals surface area contributed by atoms with Gasteiger partial charge in [0.1, 0.15) is 6.04 Å². The highest BCUT2D eigenvalue weighted by Gasteiger charge is 2.28. The summed E-state index contributed by atoms with van der Waals surface area (Å²) in [5.41, 5.74) is 0. The number of ether oxygens (including phenoxy) is 2. The Labute approximate surface area is 106 Å². The molecule has 6 heteroatoms. The summed E-state index contributed by atoms with van der Waals surface area (Å²) in [6.07, 6.45) is 1.19. The maximum Gasteiger partial charge on any atom is 0.329 e. The van der Waals surface area contributed by atoms with E-state index in [4.69, 9.17) is 4.74 Å². The Morgan fingerprint density at radius 3 is 2.76 bits per heavy atom. The van der Waals surface area contributed by atoms with Crippen LogP contribution in [0.4, 0.5) is 0 Å². The normalized spacial score (nSPS) is 25.4. The fraction of sp³-hybridized carbons (Fsp3) is 0.818. The summed E-state index contributed by atoms with van der Waals surface area (Å²) in [7, 11) is 1.32. The van der Waals surface area contributed by atoms with E-state index in [1.165, 1.54) is 14.0 Å². The van der Waals surface area contributed by atoms with Gasteiger partial charge in [0.25, 0.3) is 0 Å². The molecule has 1 rings (SSSR count). The molecular formula is C11H19NO4S. The predicted molar refractivity (Wildman–Crippen MR) is 65.9 cm³/mol. The lowest BCUT2D eigenvalue weighted by Gasteiger charge is -2.18. The highest BCUT2D eigenvalue weighted by molar-refractivity contribution is 8.00. The van der Waals surface area contributed by atoms with Gasteiger partial charge in [0.05, 0.1) is 13.2 Å². The van der Waals surface area contributed by atoms with Gasteiger partial charge in [-0.2, -0.15) is 11.8 Å². The summed E-state index contributed by atoms with van der Waals surface area (Å²) in [6.45, 7) is 4.18. The Hall–Kier alpha value is -0.750. The number of amides is 1. The lowest BCUT2D eigenvalue weighted by atomic mass is 10.3. The maximum atomic E-state index is 11.5. The molecule has 5 nitrogen and oxygen atoms in total. The van der Waals surface area contributed by atoms with E-state index >= 15 is 0 Å². The third kappa shape index (κ3) is 4.55. The van der Waals surface area contributed by atoms with Crippen LogP contribution in [0.3, 0.4) is 0 Å². The molecule has 1 fully saturated rings. The average molecular weight is 261 g/mol. The Balaban J connectivity index is 2.42. The Kier molecular flexibility index (Phi) is 5.77. The van der Waals surface area contributed by atoms with Crippen molar-refractivity contribution in [3.8, 4) is 0 Å². The largest absolute Gasteiger partial charge is 0.467 e. The van der Waals surface area contributed by atoms with Crippen LogP contribution in [0.25, 0.3) is 0 Å². The van der Waals surface area contributed by atoms with Crippen molar-refractivity contribution in [2.45, 2.75) is 37.7 Å². The molecule has 98 valence electrons. The van der Waals surface area contributed by atoms with Gasteiger partial charge in [0.2, 0.25) is 5.91 Å². The first-order valence-electron chi connectivity index (χ1n) is 5.62. The van der Waals surface area contributed by atoms with E-state index in [-0.39, 0.29) is 12.0 Å². The number of hydrogen-bond donors (Lipinski definition) is 1. The lowest BCUT2D eigenvalue weighted by molar-refractivity contribution is -0.144. The van der Waals surface area contributed by atoms with Crippen LogP contribution in [0.1, 0.15) is 20.3 Å². The SMILES string of the molecule is COC(=O)C(CSC1CCOC1C)NC(C)=O. The molecule has 3 atom stereocenters. The Bertz CT molecular complexity index is 285. The van der Waals surface area contributed by atoms with Crippen molar-refractivity contribution in [3.05, 3.63) is 0 Å². The van der Waals surface area contributed by atoms with Gasteiger partial charge in [0, 0.05) is 24.5 Å². The fourth-order valence-corrected chi connectivity index (χ4v) is 2.98. The van der Waals surface area contributed by atoms with Gasteiger partial charge in [-0.05, 0) is 13.3 Å². The molecule has 0 bridgehead atoms. The van der Waals surface area contributed by atoms with Crippen molar-refractivity contribution in [2.24, 2.45) is 0 Å². The molecule has 0 saturated carbocycles. The van der Waals surface area contributed by atoms with Crippen LogP contribution < -0.4 is 5.32 Å². The molecular weight excluding hydrogens is 242 g/mol. The van der Waals surface area contributed by atoms with Crippen LogP contribution in [0.5, 0.6) is 0 Å². The van der Waals surface area contributed by atoms with Gasteiger partial charge in [-0.25, -0.2) is 4.79 Å². The molecule has 3 unspecified atom stereocenters. The zero-order valence-corrected chi connectivity index (χ0v) is 11.2. The van der Waals surface area contributed by atoms with Crippen LogP contribution in [0.15, 0.2) is 0 Å². The Morgan fingerprint density at radius 2 is 2.29 bits per heavy atom. The Morgan fingerprint density at radius 1 is 1.59 bits per heavy atom. The molecule has 0 aromatic carbocycles. The van der Waals surface area contributed by atoms with Gasteiger partial charge in [-0.15, -0.1) is 0 Å². The first-order chi connectivity index (χ1) is 8.04. The van der Waals surface area contributed by atoms with E-state index in [0.29, 0.717) is 11.0 Å². The van der Waals surface area contributed by atoms with Crippen LogP contribution in [0, 0.1) is 0 Å². The molecule has 17 heavy (non-hydrogen) atoms. The number of methoxy groups -OCH3 is 1. The number of esters is 1. The van der Waals surface area contributed by atoms with Crippen molar-refractivity contribution in [3.63, 3.8) is 0 Å². The molecule has 0 aromatic rings. The summed E-state index contributed by atoms with van der Waals surface area (Å²) in [6, 6.07) is -0.574. The fourth-order valence-electron chi connectivity index (χ4n) is 1.71. The van der Waals surface area contributed by atoms with Gasteiger partial charge in [-0.3, -0.25) is 4.79 Å². The van der Waals surface area contributed by atoms with Crippen molar-refractivity contribution >= 4 is 23.6 Å². The monoisotopic (exact) mass is 261 g/mol. The molecule has 1 aliphatic rings. The molecule has 1 aliphatic heterocycles. The highest BCUT2D eigenvalue weighted by atomic mass is 32.2. The standard InChI is InChI=1S/C11H19NO4S/c1-7-10(4-5-16-7)17-6-9(11(14)15-3)12-8(2)13/h7,9-10H,4-6H2,1-3H3,(H,12,13). The molecule has 0 aromatic heterocycles. The first kappa shape index (κ1) is 14.3. The summed E-state index contributed by atoms with van der Waals surface area (Å²) >= 11 is 1.65. The first-order valence-corrected chi connectivity index (χ1v) is 6.67. The summed E-state index contributed by atoms with van der Waals surface area (Å²) in [4.78, 5) is 22.4. The van der Waals surface area contributed by atoms with Crippen LogP contribution in [-0.4, -0.2) is 48.7 Å². The topological polar surface area (TPSA) is 64.6 Å². The smallest absolute Gasteiger partial charge is 0.329 e. The molecule has 1 heterocycles. The third-order valence-corrected chi connectivity index (χ3v) is 4.22. The minimum absolute atomic E-state index is 0.204. The third-order valence-electron chi connectivity index (χ3n) is 2.65. The molecule has 1 N–H and O–H groups in total. The number of thioether (sulfide) groups is 1. The van der Waals surface area contributed by atoms with E-state index in [1.54, 1.807) is 11.8 Å². The van der Waals surface area contributed by atoms with Gasteiger partial charge >= 0.3 is 5.97 Å². The van der Waals surface area contributed by atoms with Crippen molar-refractivity contribution < 1.29 is 19.1 Å². The zero-order chi connectivity index (χ0) is 12.8. The molecule has 0 spiro atoms. The molecule has 1 amide bonds. The number of rotatable bonds is 5. The number of nitrogens with one attached hydrogen (secondary N) is 1. The van der Waals surface area contributed by atoms with Gasteiger partial charge < -0.3 is 14.8 Å². The summed E-state index contributed by atoms with van der Waals surface area (Å²) < 4.78 is 10.1. The summed E-state index contributed by atoms with van der Waals surface area (Å²) in [5.74, 6) is -0.110. The molecule has 0 radical (unpaired) electrons. The molecule has 1 saturated heterocycles. The average Bonchev–Trinajstić information content (AvgIpc) is 2.68. The second-order valence-electron chi connectivity index (χ2n) is 4.01. The highest BCUT2D eigenvalue weighted by Crippen LogP contribution is 2.26. The second kappa shape index (κ2) is 6.86. The number of carbonyl (C=O) groups excluding carboxylic acids is 2. The maximum absolute atomic E-state index is 11.5. The van der Waals surface area contributed by atoms with Gasteiger partial charge in [0.15, 0.2) is 0 Å². The quantitative estimate of drug-likeness (QED) is 0.733. The van der Waals surface area contributed by atoms with Crippen LogP contribution in [0.2, 0.25) is 0 Å². The van der Waals surface area contributed by atoms with Crippen LogP contribution >= 0.6 is 11.8 Å². The summed E-state index contributed by atoms with van der Waals surface area (Å²) in [5, 5.41) is 2.98. The van der Waals surface area contributed by atoms with Crippen LogP contribution in [-0.2, 0) is 19.1 Å².